The Labute approximate surface area is 148 Å². The van der Waals surface area contributed by atoms with Gasteiger partial charge in [0.05, 0.1) is 12.0 Å². The fraction of sp³-hybridized carbons (Fsp3) is 0.263. The Morgan fingerprint density at radius 3 is 2.48 bits per heavy atom. The molecule has 0 aliphatic heterocycles. The molecule has 0 aliphatic rings. The van der Waals surface area contributed by atoms with Gasteiger partial charge in [-0.15, -0.1) is 0 Å². The Hall–Kier alpha value is -2.31. The van der Waals surface area contributed by atoms with E-state index in [0.717, 1.165) is 22.2 Å². The van der Waals surface area contributed by atoms with Crippen LogP contribution in [-0.4, -0.2) is 27.1 Å². The molecular formula is C19H22N2O3S. The molecule has 132 valence electrons. The molecule has 25 heavy (non-hydrogen) atoms. The minimum atomic E-state index is -3.53. The first-order chi connectivity index (χ1) is 11.9. The van der Waals surface area contributed by atoms with E-state index in [-0.39, 0.29) is 4.90 Å². The Balaban J connectivity index is 1.74. The largest absolute Gasteiger partial charge is 0.497 e. The zero-order chi connectivity index (χ0) is 18.0. The second-order valence-corrected chi connectivity index (χ2v) is 7.87. The fourth-order valence-electron chi connectivity index (χ4n) is 2.97. The predicted octanol–water partition coefficient (Wildman–Crippen LogP) is 3.31. The lowest BCUT2D eigenvalue weighted by Crippen LogP contribution is -2.26. The number of H-pyrrole nitrogens is 1. The smallest absolute Gasteiger partial charge is 0.240 e. The third kappa shape index (κ3) is 3.70. The van der Waals surface area contributed by atoms with Crippen molar-refractivity contribution < 1.29 is 13.2 Å². The number of sulfonamides is 1. The number of rotatable bonds is 6. The number of hydrogen-bond donors (Lipinski definition) is 2. The van der Waals surface area contributed by atoms with E-state index in [4.69, 9.17) is 4.74 Å². The number of ether oxygens (including phenoxy) is 1. The maximum atomic E-state index is 12.4. The monoisotopic (exact) mass is 358 g/mol. The summed E-state index contributed by atoms with van der Waals surface area (Å²) >= 11 is 0. The van der Waals surface area contributed by atoms with Gasteiger partial charge < -0.3 is 9.72 Å². The first-order valence-corrected chi connectivity index (χ1v) is 9.60. The first-order valence-electron chi connectivity index (χ1n) is 8.12. The van der Waals surface area contributed by atoms with Gasteiger partial charge in [-0.3, -0.25) is 0 Å². The highest BCUT2D eigenvalue weighted by atomic mass is 32.2. The van der Waals surface area contributed by atoms with Gasteiger partial charge in [0.15, 0.2) is 0 Å². The van der Waals surface area contributed by atoms with Gasteiger partial charge in [-0.25, -0.2) is 13.1 Å². The second-order valence-electron chi connectivity index (χ2n) is 6.10. The number of nitrogens with one attached hydrogen (secondary N) is 2. The minimum absolute atomic E-state index is 0.236. The van der Waals surface area contributed by atoms with Crippen LogP contribution >= 0.6 is 0 Å². The molecular weight excluding hydrogens is 336 g/mol. The van der Waals surface area contributed by atoms with E-state index in [9.17, 15) is 8.42 Å². The molecule has 0 unspecified atom stereocenters. The van der Waals surface area contributed by atoms with Gasteiger partial charge in [-0.05, 0) is 62.2 Å². The average Bonchev–Trinajstić information content (AvgIpc) is 2.90. The van der Waals surface area contributed by atoms with Crippen molar-refractivity contribution in [2.45, 2.75) is 25.2 Å². The molecule has 0 saturated heterocycles. The molecule has 0 saturated carbocycles. The van der Waals surface area contributed by atoms with Crippen molar-refractivity contribution in [2.75, 3.05) is 13.7 Å². The molecule has 3 rings (SSSR count). The van der Waals surface area contributed by atoms with Gasteiger partial charge >= 0.3 is 0 Å². The summed E-state index contributed by atoms with van der Waals surface area (Å²) in [5, 5.41) is 1.15. The van der Waals surface area contributed by atoms with Gasteiger partial charge in [0.1, 0.15) is 5.75 Å². The number of aromatic amines is 1. The lowest BCUT2D eigenvalue weighted by Gasteiger charge is -2.08. The molecule has 6 heteroatoms. The lowest BCUT2D eigenvalue weighted by atomic mass is 10.1. The zero-order valence-corrected chi connectivity index (χ0v) is 15.4. The van der Waals surface area contributed by atoms with Gasteiger partial charge in [-0.2, -0.15) is 0 Å². The van der Waals surface area contributed by atoms with Crippen molar-refractivity contribution in [3.8, 4) is 5.75 Å². The molecule has 3 aromatic rings. The molecule has 0 bridgehead atoms. The molecule has 5 nitrogen and oxygen atoms in total. The Bertz CT molecular complexity index is 989. The molecule has 1 aromatic heterocycles. The molecule has 0 fully saturated rings. The highest BCUT2D eigenvalue weighted by molar-refractivity contribution is 7.89. The average molecular weight is 358 g/mol. The first kappa shape index (κ1) is 17.5. The van der Waals surface area contributed by atoms with Gasteiger partial charge in [0.2, 0.25) is 10.0 Å². The summed E-state index contributed by atoms with van der Waals surface area (Å²) < 4.78 is 32.5. The summed E-state index contributed by atoms with van der Waals surface area (Å²) in [6.45, 7) is 4.41. The van der Waals surface area contributed by atoms with Crippen LogP contribution in [0.15, 0.2) is 47.4 Å². The van der Waals surface area contributed by atoms with Gasteiger partial charge in [0.25, 0.3) is 0 Å². The molecule has 0 radical (unpaired) electrons. The van der Waals surface area contributed by atoms with E-state index in [1.807, 2.05) is 6.92 Å². The maximum Gasteiger partial charge on any atom is 0.240 e. The molecule has 0 spiro atoms. The maximum absolute atomic E-state index is 12.4. The highest BCUT2D eigenvalue weighted by Gasteiger charge is 2.15. The number of aryl methyl sites for hydroxylation is 2. The van der Waals surface area contributed by atoms with Gasteiger partial charge in [0, 0.05) is 23.1 Å². The number of benzene rings is 2. The third-order valence-electron chi connectivity index (χ3n) is 4.31. The Morgan fingerprint density at radius 2 is 1.80 bits per heavy atom. The van der Waals surface area contributed by atoms with Crippen molar-refractivity contribution in [1.29, 1.82) is 0 Å². The summed E-state index contributed by atoms with van der Waals surface area (Å²) in [6, 6.07) is 12.6. The van der Waals surface area contributed by atoms with Crippen molar-refractivity contribution in [3.63, 3.8) is 0 Å². The summed E-state index contributed by atoms with van der Waals surface area (Å²) in [5.74, 6) is 0.628. The van der Waals surface area contributed by atoms with E-state index in [2.05, 4.69) is 34.8 Å². The molecule has 1 heterocycles. The predicted molar refractivity (Wildman–Crippen MR) is 99.7 cm³/mol. The Kier molecular flexibility index (Phi) is 4.83. The number of fused-ring (bicyclic) bond motifs is 1. The standard InChI is InChI=1S/C19H22N2O3S/c1-13-4-9-19-18(12-13)17(14(2)21-19)10-11-20-25(22,23)16-7-5-15(24-3)6-8-16/h4-9,12,20-21H,10-11H2,1-3H3. The molecule has 2 aromatic carbocycles. The SMILES string of the molecule is COc1ccc(S(=O)(=O)NCCc2c(C)[nH]c3ccc(C)cc23)cc1. The normalized spacial score (nSPS) is 11.8. The van der Waals surface area contributed by atoms with Crippen LogP contribution in [0.25, 0.3) is 10.9 Å². The highest BCUT2D eigenvalue weighted by Crippen LogP contribution is 2.23. The molecule has 0 aliphatic carbocycles. The van der Waals surface area contributed by atoms with Crippen LogP contribution in [0.2, 0.25) is 0 Å². The van der Waals surface area contributed by atoms with Crippen LogP contribution in [0.3, 0.4) is 0 Å². The summed E-state index contributed by atoms with van der Waals surface area (Å²) in [7, 11) is -1.98. The minimum Gasteiger partial charge on any atom is -0.497 e. The van der Waals surface area contributed by atoms with Crippen LogP contribution in [0.5, 0.6) is 5.75 Å². The van der Waals surface area contributed by atoms with Crippen LogP contribution in [0, 0.1) is 13.8 Å². The topological polar surface area (TPSA) is 71.2 Å². The van der Waals surface area contributed by atoms with Crippen molar-refractivity contribution >= 4 is 20.9 Å². The van der Waals surface area contributed by atoms with Crippen LogP contribution in [-0.2, 0) is 16.4 Å². The van der Waals surface area contributed by atoms with Crippen LogP contribution < -0.4 is 9.46 Å². The van der Waals surface area contributed by atoms with Crippen molar-refractivity contribution in [1.82, 2.24) is 9.71 Å². The van der Waals surface area contributed by atoms with Crippen LogP contribution in [0.1, 0.15) is 16.8 Å². The van der Waals surface area contributed by atoms with Crippen molar-refractivity contribution in [2.24, 2.45) is 0 Å². The summed E-state index contributed by atoms with van der Waals surface area (Å²) in [5.41, 5.74) is 4.49. The van der Waals surface area contributed by atoms with Crippen LogP contribution in [0.4, 0.5) is 0 Å². The molecule has 0 amide bonds. The molecule has 0 atom stereocenters. The third-order valence-corrected chi connectivity index (χ3v) is 5.79. The number of aromatic nitrogens is 1. The summed E-state index contributed by atoms with van der Waals surface area (Å²) in [6.07, 6.45) is 0.630. The second kappa shape index (κ2) is 6.90. The number of hydrogen-bond acceptors (Lipinski definition) is 3. The van der Waals surface area contributed by atoms with E-state index in [1.165, 1.54) is 5.56 Å². The molecule has 2 N–H and O–H groups in total. The lowest BCUT2D eigenvalue weighted by molar-refractivity contribution is 0.414. The van der Waals surface area contributed by atoms with E-state index in [1.54, 1.807) is 31.4 Å². The fourth-order valence-corrected chi connectivity index (χ4v) is 4.00. The number of methoxy groups -OCH3 is 1. The van der Waals surface area contributed by atoms with Gasteiger partial charge in [-0.1, -0.05) is 11.6 Å². The Morgan fingerprint density at radius 1 is 1.08 bits per heavy atom. The zero-order valence-electron chi connectivity index (χ0n) is 14.6. The quantitative estimate of drug-likeness (QED) is 0.710. The van der Waals surface area contributed by atoms with Crippen molar-refractivity contribution in [3.05, 3.63) is 59.3 Å². The van der Waals surface area contributed by atoms with E-state index in [0.29, 0.717) is 18.7 Å². The summed E-state index contributed by atoms with van der Waals surface area (Å²) in [4.78, 5) is 3.59. The van der Waals surface area contributed by atoms with E-state index >= 15 is 0 Å². The van der Waals surface area contributed by atoms with E-state index < -0.39 is 10.0 Å².